The van der Waals surface area contributed by atoms with E-state index in [0.717, 1.165) is 19.5 Å². The van der Waals surface area contributed by atoms with Crippen molar-refractivity contribution >= 4 is 5.97 Å². The first kappa shape index (κ1) is 10.5. The Balaban J connectivity index is 2.21. The zero-order valence-electron chi connectivity index (χ0n) is 8.75. The van der Waals surface area contributed by atoms with Gasteiger partial charge in [-0.25, -0.2) is 0 Å². The third-order valence-corrected chi connectivity index (χ3v) is 2.31. The molecule has 1 atom stereocenters. The van der Waals surface area contributed by atoms with Gasteiger partial charge in [-0.05, 0) is 39.8 Å². The number of hydrogen-bond acceptors (Lipinski definition) is 3. The lowest BCUT2D eigenvalue weighted by molar-refractivity contribution is -0.148. The summed E-state index contributed by atoms with van der Waals surface area (Å²) in [7, 11) is 2.09. The monoisotopic (exact) mass is 185 g/mol. The highest BCUT2D eigenvalue weighted by atomic mass is 16.5. The second-order valence-electron chi connectivity index (χ2n) is 4.16. The van der Waals surface area contributed by atoms with Gasteiger partial charge in [0.05, 0.1) is 6.10 Å². The molecule has 0 bridgehead atoms. The summed E-state index contributed by atoms with van der Waals surface area (Å²) >= 11 is 0. The Morgan fingerprint density at radius 2 is 2.31 bits per heavy atom. The molecule has 1 aliphatic rings. The summed E-state index contributed by atoms with van der Waals surface area (Å²) in [5.74, 6) is 0.464. The molecule has 0 amide bonds. The van der Waals surface area contributed by atoms with E-state index in [9.17, 15) is 4.79 Å². The molecule has 0 saturated carbocycles. The number of esters is 1. The van der Waals surface area contributed by atoms with Crippen LogP contribution in [0.25, 0.3) is 0 Å². The van der Waals surface area contributed by atoms with E-state index in [-0.39, 0.29) is 12.1 Å². The third kappa shape index (κ3) is 3.77. The smallest absolute Gasteiger partial charge is 0.306 e. The van der Waals surface area contributed by atoms with Crippen molar-refractivity contribution in [2.24, 2.45) is 5.92 Å². The van der Waals surface area contributed by atoms with Crippen LogP contribution in [0.1, 0.15) is 26.7 Å². The first-order chi connectivity index (χ1) is 6.08. The first-order valence-corrected chi connectivity index (χ1v) is 4.96. The highest BCUT2D eigenvalue weighted by molar-refractivity contribution is 5.69. The van der Waals surface area contributed by atoms with Crippen LogP contribution in [0.15, 0.2) is 0 Å². The molecule has 0 aromatic carbocycles. The van der Waals surface area contributed by atoms with E-state index in [1.54, 1.807) is 0 Å². The van der Waals surface area contributed by atoms with Crippen molar-refractivity contribution in [1.82, 2.24) is 4.90 Å². The molecule has 1 rings (SSSR count). The van der Waals surface area contributed by atoms with Crippen molar-refractivity contribution in [3.05, 3.63) is 0 Å². The Morgan fingerprint density at radius 3 is 2.77 bits per heavy atom. The summed E-state index contributed by atoms with van der Waals surface area (Å²) in [6, 6.07) is 0. The Kier molecular flexibility index (Phi) is 3.72. The SMILES string of the molecule is CC(C)OC(=O)CC1CCN(C)C1. The van der Waals surface area contributed by atoms with Gasteiger partial charge in [-0.15, -0.1) is 0 Å². The number of nitrogens with zero attached hydrogens (tertiary/aromatic N) is 1. The number of ether oxygens (including phenoxy) is 1. The van der Waals surface area contributed by atoms with Crippen molar-refractivity contribution in [2.75, 3.05) is 20.1 Å². The Morgan fingerprint density at radius 1 is 1.62 bits per heavy atom. The maximum atomic E-state index is 11.3. The molecule has 0 aromatic heterocycles. The largest absolute Gasteiger partial charge is 0.463 e. The molecular weight excluding hydrogens is 166 g/mol. The highest BCUT2D eigenvalue weighted by Crippen LogP contribution is 2.18. The van der Waals surface area contributed by atoms with Crippen LogP contribution in [-0.4, -0.2) is 37.1 Å². The van der Waals surface area contributed by atoms with Gasteiger partial charge in [0.25, 0.3) is 0 Å². The van der Waals surface area contributed by atoms with E-state index in [0.29, 0.717) is 12.3 Å². The van der Waals surface area contributed by atoms with Gasteiger partial charge >= 0.3 is 5.97 Å². The molecule has 1 aliphatic heterocycles. The second-order valence-corrected chi connectivity index (χ2v) is 4.16. The molecule has 1 heterocycles. The molecule has 1 saturated heterocycles. The minimum absolute atomic E-state index is 0.0200. The van der Waals surface area contributed by atoms with Crippen LogP contribution in [0, 0.1) is 5.92 Å². The van der Waals surface area contributed by atoms with Gasteiger partial charge in [-0.3, -0.25) is 4.79 Å². The molecule has 3 heteroatoms. The second kappa shape index (κ2) is 4.61. The van der Waals surface area contributed by atoms with Gasteiger partial charge < -0.3 is 9.64 Å². The Bertz CT molecular complexity index is 180. The van der Waals surface area contributed by atoms with E-state index < -0.39 is 0 Å². The summed E-state index contributed by atoms with van der Waals surface area (Å²) in [5.41, 5.74) is 0. The predicted octanol–water partition coefficient (Wildman–Crippen LogP) is 1.28. The Labute approximate surface area is 80.1 Å². The molecule has 0 aromatic rings. The number of hydrogen-bond donors (Lipinski definition) is 0. The van der Waals surface area contributed by atoms with E-state index in [1.165, 1.54) is 0 Å². The topological polar surface area (TPSA) is 29.5 Å². The fraction of sp³-hybridized carbons (Fsp3) is 0.900. The summed E-state index contributed by atoms with van der Waals surface area (Å²) in [6.07, 6.45) is 1.73. The number of carbonyl (C=O) groups excluding carboxylic acids is 1. The molecule has 3 nitrogen and oxygen atoms in total. The molecule has 0 aliphatic carbocycles. The summed E-state index contributed by atoms with van der Waals surface area (Å²) in [4.78, 5) is 13.5. The molecule has 0 radical (unpaired) electrons. The first-order valence-electron chi connectivity index (χ1n) is 4.96. The quantitative estimate of drug-likeness (QED) is 0.620. The molecule has 0 N–H and O–H groups in total. The van der Waals surface area contributed by atoms with E-state index >= 15 is 0 Å². The minimum atomic E-state index is -0.0460. The molecule has 1 fully saturated rings. The molecule has 13 heavy (non-hydrogen) atoms. The predicted molar refractivity (Wildman–Crippen MR) is 51.4 cm³/mol. The lowest BCUT2D eigenvalue weighted by Crippen LogP contribution is -2.18. The number of likely N-dealkylation sites (tertiary alicyclic amines) is 1. The number of rotatable bonds is 3. The molecule has 1 unspecified atom stereocenters. The van der Waals surface area contributed by atoms with Crippen molar-refractivity contribution in [2.45, 2.75) is 32.8 Å². The standard InChI is InChI=1S/C10H19NO2/c1-8(2)13-10(12)6-9-4-5-11(3)7-9/h8-9H,4-7H2,1-3H3. The summed E-state index contributed by atoms with van der Waals surface area (Å²) < 4.78 is 5.09. The lowest BCUT2D eigenvalue weighted by atomic mass is 10.1. The average Bonchev–Trinajstić information content (AvgIpc) is 2.33. The fourth-order valence-electron chi connectivity index (χ4n) is 1.74. The highest BCUT2D eigenvalue weighted by Gasteiger charge is 2.22. The maximum Gasteiger partial charge on any atom is 0.306 e. The van der Waals surface area contributed by atoms with Gasteiger partial charge in [0.2, 0.25) is 0 Å². The van der Waals surface area contributed by atoms with Gasteiger partial charge in [-0.2, -0.15) is 0 Å². The van der Waals surface area contributed by atoms with Crippen LogP contribution in [0.2, 0.25) is 0 Å². The summed E-state index contributed by atoms with van der Waals surface area (Å²) in [6.45, 7) is 5.92. The van der Waals surface area contributed by atoms with Crippen LogP contribution in [0.5, 0.6) is 0 Å². The van der Waals surface area contributed by atoms with Gasteiger partial charge in [-0.1, -0.05) is 0 Å². The molecule has 0 spiro atoms. The van der Waals surface area contributed by atoms with Crippen LogP contribution in [0.4, 0.5) is 0 Å². The zero-order valence-corrected chi connectivity index (χ0v) is 8.75. The third-order valence-electron chi connectivity index (χ3n) is 2.31. The van der Waals surface area contributed by atoms with E-state index in [2.05, 4.69) is 11.9 Å². The fourth-order valence-corrected chi connectivity index (χ4v) is 1.74. The van der Waals surface area contributed by atoms with E-state index in [1.807, 2.05) is 13.8 Å². The number of carbonyl (C=O) groups is 1. The molecule has 76 valence electrons. The Hall–Kier alpha value is -0.570. The minimum Gasteiger partial charge on any atom is -0.463 e. The zero-order chi connectivity index (χ0) is 9.84. The van der Waals surface area contributed by atoms with Crippen LogP contribution in [-0.2, 0) is 9.53 Å². The lowest BCUT2D eigenvalue weighted by Gasteiger charge is -2.11. The van der Waals surface area contributed by atoms with Crippen molar-refractivity contribution in [3.8, 4) is 0 Å². The van der Waals surface area contributed by atoms with Crippen molar-refractivity contribution in [1.29, 1.82) is 0 Å². The van der Waals surface area contributed by atoms with Crippen molar-refractivity contribution < 1.29 is 9.53 Å². The van der Waals surface area contributed by atoms with Crippen LogP contribution >= 0.6 is 0 Å². The average molecular weight is 185 g/mol. The maximum absolute atomic E-state index is 11.3. The van der Waals surface area contributed by atoms with Gasteiger partial charge in [0.1, 0.15) is 0 Å². The van der Waals surface area contributed by atoms with Crippen LogP contribution < -0.4 is 0 Å². The van der Waals surface area contributed by atoms with Crippen molar-refractivity contribution in [3.63, 3.8) is 0 Å². The normalized spacial score (nSPS) is 23.8. The van der Waals surface area contributed by atoms with E-state index in [4.69, 9.17) is 4.74 Å². The van der Waals surface area contributed by atoms with Gasteiger partial charge in [0, 0.05) is 13.0 Å². The van der Waals surface area contributed by atoms with Crippen LogP contribution in [0.3, 0.4) is 0 Å². The molecular formula is C10H19NO2. The summed E-state index contributed by atoms with van der Waals surface area (Å²) in [5, 5.41) is 0. The van der Waals surface area contributed by atoms with Gasteiger partial charge in [0.15, 0.2) is 0 Å².